The van der Waals surface area contributed by atoms with E-state index in [-0.39, 0.29) is 38.6 Å². The number of carbonyl (C=O) groups excluding carboxylic acids is 3. The molecule has 0 rings (SSSR count). The Labute approximate surface area is 397 Å². The highest BCUT2D eigenvalue weighted by Gasteiger charge is 2.21. The average Bonchev–Trinajstić information content (AvgIpc) is 3.27. The molecule has 9 heteroatoms. The predicted molar refractivity (Wildman–Crippen MR) is 269 cm³/mol. The summed E-state index contributed by atoms with van der Waals surface area (Å²) >= 11 is 0. The number of nitrogens with zero attached hydrogens (tertiary/aromatic N) is 1. The molecule has 370 valence electrons. The van der Waals surface area contributed by atoms with Crippen LogP contribution in [0.15, 0.2) is 97.2 Å². The van der Waals surface area contributed by atoms with Gasteiger partial charge in [0.25, 0.3) is 0 Å². The summed E-state index contributed by atoms with van der Waals surface area (Å²) in [6.45, 7) is 4.47. The number of unbranched alkanes of at least 4 members (excludes halogenated alkanes) is 14. The maximum atomic E-state index is 12.8. The van der Waals surface area contributed by atoms with Crippen LogP contribution >= 0.6 is 0 Å². The number of hydrogen-bond acceptors (Lipinski definition) is 8. The quantitative estimate of drug-likeness (QED) is 0.0195. The third kappa shape index (κ3) is 48.0. The molecule has 0 fully saturated rings. The van der Waals surface area contributed by atoms with Gasteiger partial charge in [0.1, 0.15) is 13.2 Å². The van der Waals surface area contributed by atoms with Gasteiger partial charge in [-0.2, -0.15) is 0 Å². The summed E-state index contributed by atoms with van der Waals surface area (Å²) in [5, 5.41) is 11.7. The van der Waals surface area contributed by atoms with Gasteiger partial charge in [-0.05, 0) is 89.9 Å². The number of aliphatic carboxylic acids is 1. The monoisotopic (exact) mass is 908 g/mol. The number of hydrogen-bond donors (Lipinski definition) is 0. The summed E-state index contributed by atoms with van der Waals surface area (Å²) < 4.78 is 22.6. The van der Waals surface area contributed by atoms with Crippen LogP contribution in [0.4, 0.5) is 0 Å². The Morgan fingerprint density at radius 2 is 0.831 bits per heavy atom. The van der Waals surface area contributed by atoms with Crippen LogP contribution < -0.4 is 5.11 Å². The van der Waals surface area contributed by atoms with Crippen molar-refractivity contribution < 1.29 is 42.9 Å². The molecule has 0 aromatic heterocycles. The molecule has 9 nitrogen and oxygen atoms in total. The molecule has 0 heterocycles. The lowest BCUT2D eigenvalue weighted by molar-refractivity contribution is -0.870. The van der Waals surface area contributed by atoms with Crippen molar-refractivity contribution >= 4 is 17.9 Å². The first-order chi connectivity index (χ1) is 31.6. The Morgan fingerprint density at radius 1 is 0.462 bits per heavy atom. The molecular weight excluding hydrogens is 815 g/mol. The molecule has 0 radical (unpaired) electrons. The van der Waals surface area contributed by atoms with Crippen molar-refractivity contribution in [2.45, 2.75) is 193 Å². The largest absolute Gasteiger partial charge is 0.545 e. The molecule has 2 unspecified atom stereocenters. The minimum absolute atomic E-state index is 0.138. The van der Waals surface area contributed by atoms with E-state index in [1.807, 2.05) is 21.1 Å². The Balaban J connectivity index is 4.36. The second kappa shape index (κ2) is 46.7. The number of esters is 2. The number of carboxylic acid groups (broad SMARTS) is 1. The zero-order valence-electron chi connectivity index (χ0n) is 41.8. The summed E-state index contributed by atoms with van der Waals surface area (Å²) in [7, 11) is 5.90. The van der Waals surface area contributed by atoms with E-state index < -0.39 is 24.3 Å². The molecule has 2 atom stereocenters. The number of carboxylic acids is 1. The fraction of sp³-hybridized carbons (Fsp3) is 0.661. The van der Waals surface area contributed by atoms with Crippen molar-refractivity contribution in [2.75, 3.05) is 47.5 Å². The van der Waals surface area contributed by atoms with Gasteiger partial charge in [-0.1, -0.05) is 175 Å². The Hall–Kier alpha value is -3.79. The molecular formula is C56H93NO8. The number of quaternary nitrogens is 1. The van der Waals surface area contributed by atoms with Crippen molar-refractivity contribution in [3.63, 3.8) is 0 Å². The highest BCUT2D eigenvalue weighted by molar-refractivity contribution is 5.70. The van der Waals surface area contributed by atoms with E-state index in [0.717, 1.165) is 109 Å². The first-order valence-electron chi connectivity index (χ1n) is 25.4. The molecule has 0 amide bonds. The Morgan fingerprint density at radius 3 is 1.23 bits per heavy atom. The second-order valence-corrected chi connectivity index (χ2v) is 17.7. The van der Waals surface area contributed by atoms with Crippen molar-refractivity contribution in [1.29, 1.82) is 0 Å². The molecule has 0 N–H and O–H groups in total. The van der Waals surface area contributed by atoms with Crippen molar-refractivity contribution in [3.05, 3.63) is 97.2 Å². The van der Waals surface area contributed by atoms with E-state index in [4.69, 9.17) is 18.9 Å². The summed E-state index contributed by atoms with van der Waals surface area (Å²) in [4.78, 5) is 37.1. The lowest BCUT2D eigenvalue weighted by atomic mass is 10.1. The van der Waals surface area contributed by atoms with E-state index in [1.165, 1.54) is 32.1 Å². The zero-order valence-corrected chi connectivity index (χ0v) is 41.8. The molecule has 0 aliphatic carbocycles. The molecule has 0 spiro atoms. The van der Waals surface area contributed by atoms with Crippen LogP contribution in [0.2, 0.25) is 0 Å². The van der Waals surface area contributed by atoms with Crippen LogP contribution in [-0.2, 0) is 33.3 Å². The summed E-state index contributed by atoms with van der Waals surface area (Å²) in [6.07, 6.45) is 58.7. The normalized spacial score (nSPS) is 13.7. The molecule has 0 aliphatic rings. The molecule has 0 saturated heterocycles. The van der Waals surface area contributed by atoms with E-state index in [9.17, 15) is 19.5 Å². The highest BCUT2D eigenvalue weighted by Crippen LogP contribution is 2.14. The lowest BCUT2D eigenvalue weighted by Gasteiger charge is -2.26. The van der Waals surface area contributed by atoms with Crippen molar-refractivity contribution in [3.8, 4) is 0 Å². The highest BCUT2D eigenvalue weighted by atomic mass is 16.7. The first-order valence-corrected chi connectivity index (χ1v) is 25.4. The number of allylic oxidation sites excluding steroid dienone is 16. The average molecular weight is 908 g/mol. The van der Waals surface area contributed by atoms with Gasteiger partial charge in [0.05, 0.1) is 40.3 Å². The Bertz CT molecular complexity index is 1380. The van der Waals surface area contributed by atoms with Crippen LogP contribution in [-0.4, -0.2) is 82.3 Å². The maximum Gasteiger partial charge on any atom is 0.306 e. The summed E-state index contributed by atoms with van der Waals surface area (Å²) in [5.74, 6) is -2.33. The molecule has 0 saturated carbocycles. The SMILES string of the molecule is CC/C=C\C/C=C\C/C=C\C/C=C\C/C=C\CCCCCCCCCCCC(=O)OC(COC(=O)CCCCCCC/C=C\C/C=C\C/C=C\CC)COC(OCC[N+](C)(C)C)C(=O)[O-]. The van der Waals surface area contributed by atoms with Crippen LogP contribution in [0, 0.1) is 0 Å². The van der Waals surface area contributed by atoms with E-state index >= 15 is 0 Å². The standard InChI is InChI=1S/C56H93NO8/c1-6-8-10-12-14-16-18-20-22-23-24-25-26-27-28-29-30-31-33-35-37-39-41-43-45-47-54(59)65-52(51-64-56(55(60)61)62-49-48-57(3,4)5)50-63-53(58)46-44-42-40-38-36-34-32-21-19-17-15-13-11-9-7-2/h8-11,14-17,20-22,24-25,27-28,32,52,56H,6-7,12-13,18-19,23,26,29-31,33-51H2,1-5H3/b10-8-,11-9-,16-14-,17-15-,22-20-,25-24-,28-27-,32-21-. The van der Waals surface area contributed by atoms with Crippen LogP contribution in [0.5, 0.6) is 0 Å². The zero-order chi connectivity index (χ0) is 47.7. The lowest BCUT2D eigenvalue weighted by Crippen LogP contribution is -2.44. The first kappa shape index (κ1) is 61.2. The van der Waals surface area contributed by atoms with Gasteiger partial charge < -0.3 is 33.3 Å². The summed E-state index contributed by atoms with van der Waals surface area (Å²) in [6, 6.07) is 0. The van der Waals surface area contributed by atoms with Gasteiger partial charge in [-0.15, -0.1) is 0 Å². The number of rotatable bonds is 45. The number of carbonyl (C=O) groups is 3. The minimum atomic E-state index is -1.63. The Kier molecular flexibility index (Phi) is 44.0. The third-order valence-electron chi connectivity index (χ3n) is 10.3. The van der Waals surface area contributed by atoms with Gasteiger partial charge in [0, 0.05) is 12.8 Å². The minimum Gasteiger partial charge on any atom is -0.545 e. The summed E-state index contributed by atoms with van der Waals surface area (Å²) in [5.41, 5.74) is 0. The van der Waals surface area contributed by atoms with Crippen LogP contribution in [0.3, 0.4) is 0 Å². The van der Waals surface area contributed by atoms with Crippen LogP contribution in [0.25, 0.3) is 0 Å². The molecule has 0 aromatic rings. The van der Waals surface area contributed by atoms with Crippen molar-refractivity contribution in [2.24, 2.45) is 0 Å². The molecule has 0 aliphatic heterocycles. The second-order valence-electron chi connectivity index (χ2n) is 17.7. The smallest absolute Gasteiger partial charge is 0.306 e. The van der Waals surface area contributed by atoms with Crippen LogP contribution in [0.1, 0.15) is 181 Å². The van der Waals surface area contributed by atoms with E-state index in [2.05, 4.69) is 111 Å². The van der Waals surface area contributed by atoms with Gasteiger partial charge in [-0.25, -0.2) is 0 Å². The van der Waals surface area contributed by atoms with E-state index in [1.54, 1.807) is 0 Å². The van der Waals surface area contributed by atoms with Crippen molar-refractivity contribution in [1.82, 2.24) is 0 Å². The van der Waals surface area contributed by atoms with E-state index in [0.29, 0.717) is 23.9 Å². The van der Waals surface area contributed by atoms with Gasteiger partial charge in [0.15, 0.2) is 12.4 Å². The maximum absolute atomic E-state index is 12.8. The third-order valence-corrected chi connectivity index (χ3v) is 10.3. The molecule has 65 heavy (non-hydrogen) atoms. The predicted octanol–water partition coefficient (Wildman–Crippen LogP) is 12.9. The molecule has 0 bridgehead atoms. The fourth-order valence-corrected chi connectivity index (χ4v) is 6.46. The topological polar surface area (TPSA) is 111 Å². The van der Waals surface area contributed by atoms with Gasteiger partial charge >= 0.3 is 11.9 Å². The van der Waals surface area contributed by atoms with Gasteiger partial charge in [-0.3, -0.25) is 9.59 Å². The van der Waals surface area contributed by atoms with Gasteiger partial charge in [0.2, 0.25) is 0 Å². The fourth-order valence-electron chi connectivity index (χ4n) is 6.46. The molecule has 0 aromatic carbocycles. The number of likely N-dealkylation sites (N-methyl/N-ethyl adjacent to an activating group) is 1. The number of ether oxygens (including phenoxy) is 4.